The van der Waals surface area contributed by atoms with Crippen molar-refractivity contribution < 1.29 is 33.6 Å². The Morgan fingerprint density at radius 1 is 0.206 bits per heavy atom. The highest BCUT2D eigenvalue weighted by molar-refractivity contribution is 7.81. The van der Waals surface area contributed by atoms with Crippen molar-refractivity contribution in [3.05, 3.63) is 61.5 Å². The number of rotatable bonds is 14. The molecule has 0 aliphatic rings. The van der Waals surface area contributed by atoms with Crippen LogP contribution in [0.2, 0.25) is 0 Å². The van der Waals surface area contributed by atoms with E-state index in [0.29, 0.717) is 84.3 Å². The Morgan fingerprint density at radius 2 is 0.250 bits per heavy atom. The molecule has 0 rings (SSSR count). The van der Waals surface area contributed by atoms with Crippen LogP contribution in [0.1, 0.15) is 119 Å². The second-order valence-electron chi connectivity index (χ2n) is 6.88. The molecule has 31 heteroatoms. The van der Waals surface area contributed by atoms with Crippen molar-refractivity contribution in [3.63, 3.8) is 0 Å². The van der Waals surface area contributed by atoms with Gasteiger partial charge in [0.05, 0.1) is 42.3 Å². The number of thiol groups is 7. The van der Waals surface area contributed by atoms with E-state index in [1.165, 1.54) is 0 Å². The van der Waals surface area contributed by atoms with Gasteiger partial charge in [-0.1, -0.05) is 119 Å². The van der Waals surface area contributed by atoms with Crippen LogP contribution in [-0.2, 0) is 33.6 Å². The van der Waals surface area contributed by atoms with Crippen LogP contribution in [0, 0.1) is 0 Å². The molecular weight excluding hydrogens is 1020 g/mol. The number of carbonyl (C=O) groups is 7. The molecule has 0 heterocycles. The van der Waals surface area contributed by atoms with E-state index >= 15 is 0 Å². The summed E-state index contributed by atoms with van der Waals surface area (Å²) in [4.78, 5) is 66.9. The summed E-state index contributed by atoms with van der Waals surface area (Å²) in [5.41, 5.74) is 35.2. The number of hydrogen-bond donors (Lipinski definition) is 14. The normalized spacial score (nSPS) is 8.44. The Labute approximate surface area is 466 Å². The molecule has 0 aromatic carbocycles. The first-order valence-corrected chi connectivity index (χ1v) is 15.8. The summed E-state index contributed by atoms with van der Waals surface area (Å²) in [5, 5.41) is 0. The third-order valence-electron chi connectivity index (χ3n) is 2.70. The van der Waals surface area contributed by atoms with Crippen molar-refractivity contribution in [3.8, 4) is 0 Å². The first-order valence-electron chi connectivity index (χ1n) is 11.4. The van der Waals surface area contributed by atoms with Gasteiger partial charge >= 0.3 is 0 Å². The predicted octanol–water partition coefficient (Wildman–Crippen LogP) is 13.4. The Bertz CT molecular complexity index is 511. The third kappa shape index (κ3) is 361. The Balaban J connectivity index is -0.00000000637. The maximum atomic E-state index is 9.56. The first kappa shape index (κ1) is 251. The van der Waals surface area contributed by atoms with Gasteiger partial charge in [0.25, 0.3) is 0 Å². The van der Waals surface area contributed by atoms with E-state index in [4.69, 9.17) is 40.1 Å². The minimum atomic E-state index is -0.381. The molecule has 0 saturated carbocycles. The Morgan fingerprint density at radius 3 is 0.250 bits per heavy atom. The molecule has 0 radical (unpaired) electrons. The molecule has 460 valence electrons. The molecule has 7 atom stereocenters. The van der Waals surface area contributed by atoms with Gasteiger partial charge < -0.3 is 135 Å². The van der Waals surface area contributed by atoms with Crippen molar-refractivity contribution in [1.29, 1.82) is 0 Å². The predicted molar refractivity (Wildman–Crippen MR) is 356 cm³/mol. The monoisotopic (exact) mass is 1150 g/mol. The molecule has 0 aromatic rings. The molecule has 0 aliphatic heterocycles. The van der Waals surface area contributed by atoms with E-state index in [1.807, 2.05) is 0 Å². The summed E-state index contributed by atoms with van der Waals surface area (Å²) in [5.74, 6) is 3.04. The molecule has 0 bridgehead atoms. The second kappa shape index (κ2) is 240. The van der Waals surface area contributed by atoms with E-state index in [1.54, 1.807) is 0 Å². The Kier molecular flexibility index (Phi) is 885. The average molecular weight is 1150 g/mol. The van der Waals surface area contributed by atoms with Crippen LogP contribution in [0.15, 0.2) is 0 Å². The van der Waals surface area contributed by atoms with Gasteiger partial charge in [0.2, 0.25) is 0 Å². The zero-order valence-electron chi connectivity index (χ0n) is 28.8. The molecule has 68 heavy (non-hydrogen) atoms. The zero-order chi connectivity index (χ0) is 34.9. The van der Waals surface area contributed by atoms with Crippen LogP contribution < -0.4 is 40.1 Å². The van der Waals surface area contributed by atoms with E-state index < -0.39 is 0 Å². The van der Waals surface area contributed by atoms with Gasteiger partial charge in [-0.3, -0.25) is 0 Å². The lowest BCUT2D eigenvalue weighted by molar-refractivity contribution is -0.109. The lowest BCUT2D eigenvalue weighted by Gasteiger charge is -1.90. The summed E-state index contributed by atoms with van der Waals surface area (Å²) in [7, 11) is 0. The molecule has 0 unspecified atom stereocenters. The fourth-order valence-corrected chi connectivity index (χ4v) is 0.904. The highest BCUT2D eigenvalue weighted by atomic mass is 32.1. The summed E-state index contributed by atoms with van der Waals surface area (Å²) < 4.78 is 0. The Hall–Kier alpha value is -0.540. The smallest absolute Gasteiger partial charge is 0.137 e. The van der Waals surface area contributed by atoms with Gasteiger partial charge in [0, 0.05) is 40.3 Å². The topological polar surface area (TPSA) is 637 Å². The van der Waals surface area contributed by atoms with Crippen molar-refractivity contribution in [1.82, 2.24) is 0 Å². The standard InChI is InChI=1S/7C3H7NOS.16CH4.10H2N/c7*4-3(1-5)2-6;;;;;;;;;;;;;;;;;;;;;;;;;;/h7*1,3,6H,2,4H2;16*1H4;10*1H2/q;;;;;;;;;;;;;;;;;;;;;;;10*-1/t7*3-;;;;;;;;;;;;;;;;;;;;;;;;;;/m1111111........................../s1. The minimum absolute atomic E-state index is 0. The molecule has 0 spiro atoms. The van der Waals surface area contributed by atoms with Crippen LogP contribution in [0.3, 0.4) is 0 Å². The van der Waals surface area contributed by atoms with E-state index in [9.17, 15) is 33.6 Å². The van der Waals surface area contributed by atoms with Crippen LogP contribution in [0.4, 0.5) is 0 Å². The number of carbonyl (C=O) groups excluding carboxylic acids is 7. The van der Waals surface area contributed by atoms with E-state index in [0.717, 1.165) is 0 Å². The number of aldehydes is 7. The van der Waals surface area contributed by atoms with Gasteiger partial charge in [-0.15, -0.1) is 0 Å². The summed E-state index contributed by atoms with van der Waals surface area (Å²) in [6, 6.07) is -2.67. The molecule has 0 saturated heterocycles. The van der Waals surface area contributed by atoms with Crippen LogP contribution >= 0.6 is 88.4 Å². The fourth-order valence-electron chi connectivity index (χ4n) is 0.301. The fraction of sp³-hybridized carbons (Fsp3) is 0.811. The molecule has 0 aromatic heterocycles. The number of hydrogen-bond acceptors (Lipinski definition) is 21. The van der Waals surface area contributed by atoms with Crippen molar-refractivity contribution in [2.24, 2.45) is 40.1 Å². The second-order valence-corrected chi connectivity index (χ2v) is 9.43. The van der Waals surface area contributed by atoms with Crippen LogP contribution in [0.5, 0.6) is 0 Å². The quantitative estimate of drug-likeness (QED) is 0.0568. The largest absolute Gasteiger partial charge is 0.693 e. The molecule has 34 N–H and O–H groups in total. The van der Waals surface area contributed by atoms with Crippen LogP contribution in [0.25, 0.3) is 61.5 Å². The lowest BCUT2D eigenvalue weighted by atomic mass is 10.4. The van der Waals surface area contributed by atoms with Gasteiger partial charge in [-0.25, -0.2) is 0 Å². The maximum absolute atomic E-state index is 9.56. The molecule has 0 aliphatic carbocycles. The van der Waals surface area contributed by atoms with Crippen molar-refractivity contribution >= 4 is 132 Å². The lowest BCUT2D eigenvalue weighted by Crippen LogP contribution is -2.22. The number of nitrogens with two attached hydrogens (primary N) is 17. The average Bonchev–Trinajstić information content (AvgIpc) is 3.06. The van der Waals surface area contributed by atoms with Gasteiger partial charge in [-0.2, -0.15) is 88.4 Å². The molecule has 24 nitrogen and oxygen atoms in total. The highest BCUT2D eigenvalue weighted by Crippen LogP contribution is 1.76. The maximum Gasteiger partial charge on any atom is 0.137 e. The van der Waals surface area contributed by atoms with Crippen LogP contribution in [-0.4, -0.2) is 127 Å². The highest BCUT2D eigenvalue weighted by Gasteiger charge is 1.92. The van der Waals surface area contributed by atoms with Gasteiger partial charge in [0.15, 0.2) is 0 Å². The van der Waals surface area contributed by atoms with Crippen molar-refractivity contribution in [2.45, 2.75) is 161 Å². The summed E-state index contributed by atoms with van der Waals surface area (Å²) in [6.07, 6.45) is 4.72. The van der Waals surface area contributed by atoms with E-state index in [2.05, 4.69) is 88.4 Å². The molecule has 0 fully saturated rings. The SMILES string of the molecule is C.C.C.C.C.C.C.C.C.C.C.C.C.C.C.C.N[C@H](C=O)CS.N[C@H](C=O)CS.N[C@H](C=O)CS.N[C@H](C=O)CS.N[C@H](C=O)CS.N[C@H](C=O)CS.N[C@H](C=O)CS.[NH2-].[NH2-].[NH2-].[NH2-].[NH2-].[NH2-].[NH2-].[NH2-].[NH2-].[NH2-]. The summed E-state index contributed by atoms with van der Waals surface area (Å²) in [6.45, 7) is 0. The first-order chi connectivity index (χ1) is 19.7. The van der Waals surface area contributed by atoms with Gasteiger partial charge in [-0.05, 0) is 0 Å². The molecule has 0 amide bonds. The zero-order valence-corrected chi connectivity index (χ0v) is 35.1. The molecular formula is C37H133N17O7S7-10. The third-order valence-corrected chi connectivity index (χ3v) is 5.65. The minimum Gasteiger partial charge on any atom is -0.693 e. The van der Waals surface area contributed by atoms with E-state index in [-0.39, 0.29) is 223 Å². The van der Waals surface area contributed by atoms with Gasteiger partial charge in [0.1, 0.15) is 44.0 Å². The summed E-state index contributed by atoms with van der Waals surface area (Å²) >= 11 is 26.2. The van der Waals surface area contributed by atoms with Crippen molar-refractivity contribution in [2.75, 3.05) is 40.3 Å².